The zero-order chi connectivity index (χ0) is 16.8. The number of carbonyl (C=O) groups is 1. The van der Waals surface area contributed by atoms with Gasteiger partial charge in [0.25, 0.3) is 0 Å². The van der Waals surface area contributed by atoms with E-state index in [1.165, 1.54) is 18.6 Å². The van der Waals surface area contributed by atoms with Crippen molar-refractivity contribution in [2.45, 2.75) is 86.8 Å². The fourth-order valence-corrected chi connectivity index (χ4v) is 2.91. The molecule has 0 rings (SSSR count). The Morgan fingerprint density at radius 2 is 1.60 bits per heavy atom. The van der Waals surface area contributed by atoms with Crippen LogP contribution in [0.15, 0.2) is 0 Å². The molecule has 0 aliphatic carbocycles. The maximum absolute atomic E-state index is 11.4. The number of carbonyl (C=O) groups excluding carboxylic acids is 1. The molecule has 0 saturated carbocycles. The first kappa shape index (κ1) is 24.8. The number of primary amides is 1. The van der Waals surface area contributed by atoms with Gasteiger partial charge in [0, 0.05) is 11.2 Å². The summed E-state index contributed by atoms with van der Waals surface area (Å²) in [6.07, 6.45) is 3.39. The Labute approximate surface area is 132 Å². The van der Waals surface area contributed by atoms with E-state index in [0.717, 1.165) is 6.42 Å². The Balaban J connectivity index is -0.000000656. The third kappa shape index (κ3) is 14.2. The number of hydrogen-bond donors (Lipinski definition) is 1. The molecule has 3 heteroatoms. The van der Waals surface area contributed by atoms with Crippen LogP contribution in [-0.2, 0) is 4.79 Å². The highest BCUT2D eigenvalue weighted by molar-refractivity contribution is 7.99. The van der Waals surface area contributed by atoms with Crippen molar-refractivity contribution >= 4 is 17.7 Å². The van der Waals surface area contributed by atoms with Gasteiger partial charge in [-0.1, -0.05) is 68.7 Å². The molecule has 0 aromatic heterocycles. The molecule has 124 valence electrons. The SMILES string of the molecule is CC.CC.CCCCSC(C)CC(C(N)=O)C(C)(C)C. The van der Waals surface area contributed by atoms with E-state index >= 15 is 0 Å². The predicted molar refractivity (Wildman–Crippen MR) is 96.3 cm³/mol. The topological polar surface area (TPSA) is 43.1 Å². The maximum Gasteiger partial charge on any atom is 0.221 e. The number of thioether (sulfide) groups is 1. The second-order valence-electron chi connectivity index (χ2n) is 5.59. The maximum atomic E-state index is 11.4. The Hall–Kier alpha value is -0.180. The minimum Gasteiger partial charge on any atom is -0.369 e. The second kappa shape index (κ2) is 15.2. The molecule has 0 aliphatic heterocycles. The van der Waals surface area contributed by atoms with Crippen LogP contribution in [0.25, 0.3) is 0 Å². The van der Waals surface area contributed by atoms with Gasteiger partial charge in [0.15, 0.2) is 0 Å². The lowest BCUT2D eigenvalue weighted by Crippen LogP contribution is -2.35. The number of nitrogens with two attached hydrogens (primary N) is 1. The summed E-state index contributed by atoms with van der Waals surface area (Å²) in [4.78, 5) is 11.4. The van der Waals surface area contributed by atoms with Gasteiger partial charge in [-0.15, -0.1) is 0 Å². The van der Waals surface area contributed by atoms with Crippen molar-refractivity contribution < 1.29 is 4.79 Å². The van der Waals surface area contributed by atoms with Crippen LogP contribution in [0.4, 0.5) is 0 Å². The standard InChI is InChI=1S/C13H27NOS.2C2H6/c1-6-7-8-16-10(2)9-11(12(14)15)13(3,4)5;2*1-2/h10-11H,6-9H2,1-5H3,(H2,14,15);2*1-2H3. The fourth-order valence-electron chi connectivity index (χ4n) is 1.73. The van der Waals surface area contributed by atoms with Gasteiger partial charge in [0.2, 0.25) is 5.91 Å². The van der Waals surface area contributed by atoms with E-state index in [1.54, 1.807) is 0 Å². The largest absolute Gasteiger partial charge is 0.369 e. The van der Waals surface area contributed by atoms with Crippen molar-refractivity contribution in [1.82, 2.24) is 0 Å². The molecule has 0 bridgehead atoms. The molecule has 20 heavy (non-hydrogen) atoms. The lowest BCUT2D eigenvalue weighted by atomic mass is 9.78. The number of amides is 1. The summed E-state index contributed by atoms with van der Waals surface area (Å²) in [7, 11) is 0. The number of rotatable bonds is 7. The average Bonchev–Trinajstić information content (AvgIpc) is 2.39. The van der Waals surface area contributed by atoms with E-state index in [9.17, 15) is 4.79 Å². The van der Waals surface area contributed by atoms with Crippen molar-refractivity contribution in [2.24, 2.45) is 17.1 Å². The fraction of sp³-hybridized carbons (Fsp3) is 0.941. The van der Waals surface area contributed by atoms with Crippen LogP contribution < -0.4 is 5.73 Å². The summed E-state index contributed by atoms with van der Waals surface area (Å²) in [5, 5.41) is 0.517. The van der Waals surface area contributed by atoms with Crippen LogP contribution in [0.2, 0.25) is 0 Å². The Kier molecular flexibility index (Phi) is 18.9. The second-order valence-corrected chi connectivity index (χ2v) is 7.14. The van der Waals surface area contributed by atoms with E-state index in [0.29, 0.717) is 5.25 Å². The first-order valence-electron chi connectivity index (χ1n) is 8.20. The highest BCUT2D eigenvalue weighted by Crippen LogP contribution is 2.32. The predicted octanol–water partition coefficient (Wildman–Crippen LogP) is 5.50. The minimum atomic E-state index is -0.157. The van der Waals surface area contributed by atoms with Crippen molar-refractivity contribution in [3.63, 3.8) is 0 Å². The summed E-state index contributed by atoms with van der Waals surface area (Å²) < 4.78 is 0. The van der Waals surface area contributed by atoms with Gasteiger partial charge in [0.1, 0.15) is 0 Å². The average molecular weight is 306 g/mol. The summed E-state index contributed by atoms with van der Waals surface area (Å²) in [5.41, 5.74) is 5.46. The Bertz CT molecular complexity index is 212. The van der Waals surface area contributed by atoms with Gasteiger partial charge >= 0.3 is 0 Å². The van der Waals surface area contributed by atoms with Crippen LogP contribution in [0, 0.1) is 11.3 Å². The number of unbranched alkanes of at least 4 members (excludes halogenated alkanes) is 1. The lowest BCUT2D eigenvalue weighted by molar-refractivity contribution is -0.125. The van der Waals surface area contributed by atoms with Crippen molar-refractivity contribution in [3.8, 4) is 0 Å². The monoisotopic (exact) mass is 305 g/mol. The van der Waals surface area contributed by atoms with Crippen LogP contribution in [0.3, 0.4) is 0 Å². The molecule has 2 atom stereocenters. The van der Waals surface area contributed by atoms with E-state index in [4.69, 9.17) is 5.73 Å². The molecule has 2 N–H and O–H groups in total. The molecule has 2 nitrogen and oxygen atoms in total. The van der Waals surface area contributed by atoms with E-state index < -0.39 is 0 Å². The van der Waals surface area contributed by atoms with Crippen LogP contribution in [0.1, 0.15) is 81.6 Å². The Morgan fingerprint density at radius 3 is 1.90 bits per heavy atom. The molecule has 0 saturated heterocycles. The normalized spacial score (nSPS) is 13.2. The molecule has 0 aromatic carbocycles. The molecule has 0 aromatic rings. The molecular formula is C17H39NOS. The third-order valence-corrected chi connectivity index (χ3v) is 4.14. The van der Waals surface area contributed by atoms with Gasteiger partial charge in [-0.05, 0) is 24.0 Å². The van der Waals surface area contributed by atoms with E-state index in [1.807, 2.05) is 39.5 Å². The summed E-state index contributed by atoms with van der Waals surface area (Å²) in [6, 6.07) is 0. The summed E-state index contributed by atoms with van der Waals surface area (Å²) >= 11 is 1.96. The molecule has 0 fully saturated rings. The van der Waals surface area contributed by atoms with Gasteiger partial charge in [-0.25, -0.2) is 0 Å². The van der Waals surface area contributed by atoms with Crippen molar-refractivity contribution in [3.05, 3.63) is 0 Å². The summed E-state index contributed by atoms with van der Waals surface area (Å²) in [5.74, 6) is 1.01. The molecule has 0 spiro atoms. The van der Waals surface area contributed by atoms with Gasteiger partial charge in [0.05, 0.1) is 0 Å². The zero-order valence-electron chi connectivity index (χ0n) is 15.4. The molecule has 0 radical (unpaired) electrons. The first-order valence-corrected chi connectivity index (χ1v) is 9.24. The molecule has 0 aliphatic rings. The van der Waals surface area contributed by atoms with Crippen LogP contribution >= 0.6 is 11.8 Å². The van der Waals surface area contributed by atoms with Crippen LogP contribution in [0.5, 0.6) is 0 Å². The highest BCUT2D eigenvalue weighted by Gasteiger charge is 2.30. The quantitative estimate of drug-likeness (QED) is 0.631. The van der Waals surface area contributed by atoms with Crippen molar-refractivity contribution in [2.75, 3.05) is 5.75 Å². The van der Waals surface area contributed by atoms with Gasteiger partial charge in [-0.2, -0.15) is 11.8 Å². The molecule has 2 unspecified atom stereocenters. The third-order valence-electron chi connectivity index (χ3n) is 2.86. The lowest BCUT2D eigenvalue weighted by Gasteiger charge is -2.30. The van der Waals surface area contributed by atoms with E-state index in [-0.39, 0.29) is 17.2 Å². The highest BCUT2D eigenvalue weighted by atomic mass is 32.2. The molecular weight excluding hydrogens is 266 g/mol. The smallest absolute Gasteiger partial charge is 0.221 e. The van der Waals surface area contributed by atoms with Gasteiger partial charge in [-0.3, -0.25) is 4.79 Å². The van der Waals surface area contributed by atoms with E-state index in [2.05, 4.69) is 34.6 Å². The van der Waals surface area contributed by atoms with Crippen molar-refractivity contribution in [1.29, 1.82) is 0 Å². The van der Waals surface area contributed by atoms with Gasteiger partial charge < -0.3 is 5.73 Å². The molecule has 0 heterocycles. The first-order chi connectivity index (χ1) is 9.29. The minimum absolute atomic E-state index is 0.0170. The summed E-state index contributed by atoms with van der Waals surface area (Å²) in [6.45, 7) is 18.7. The molecule has 1 amide bonds. The number of hydrogen-bond acceptors (Lipinski definition) is 2. The zero-order valence-corrected chi connectivity index (χ0v) is 16.2. The van der Waals surface area contributed by atoms with Crippen LogP contribution in [-0.4, -0.2) is 16.9 Å². The Morgan fingerprint density at radius 1 is 1.15 bits per heavy atom.